The van der Waals surface area contributed by atoms with E-state index < -0.39 is 0 Å². The average molecular weight is 280 g/mol. The van der Waals surface area contributed by atoms with Gasteiger partial charge < -0.3 is 0 Å². The third-order valence-corrected chi connectivity index (χ3v) is 3.68. The van der Waals surface area contributed by atoms with Crippen molar-refractivity contribution < 1.29 is 0 Å². The van der Waals surface area contributed by atoms with Gasteiger partial charge >= 0.3 is 0 Å². The monoisotopic (exact) mass is 280 g/mol. The maximum atomic E-state index is 4.58. The van der Waals surface area contributed by atoms with Crippen LogP contribution in [0.5, 0.6) is 0 Å². The molecule has 0 unspecified atom stereocenters. The van der Waals surface area contributed by atoms with Crippen LogP contribution in [-0.2, 0) is 0 Å². The van der Waals surface area contributed by atoms with E-state index in [-0.39, 0.29) is 0 Å². The Morgan fingerprint density at radius 3 is 2.40 bits per heavy atom. The van der Waals surface area contributed by atoms with Crippen LogP contribution in [0, 0.1) is 0 Å². The van der Waals surface area contributed by atoms with Crippen molar-refractivity contribution in [2.75, 3.05) is 0 Å². The molecule has 0 aliphatic heterocycles. The fourth-order valence-electron chi connectivity index (χ4n) is 1.80. The minimum absolute atomic E-state index is 0.899. The number of aromatic nitrogens is 3. The van der Waals surface area contributed by atoms with Gasteiger partial charge in [-0.15, -0.1) is 11.3 Å². The zero-order chi connectivity index (χ0) is 13.8. The number of aliphatic imine (C=N–C) groups is 1. The molecule has 0 atom stereocenters. The van der Waals surface area contributed by atoms with Crippen molar-refractivity contribution in [2.45, 2.75) is 6.92 Å². The van der Waals surface area contributed by atoms with Gasteiger partial charge in [0.25, 0.3) is 0 Å². The van der Waals surface area contributed by atoms with Gasteiger partial charge in [0.2, 0.25) is 0 Å². The first-order valence-electron chi connectivity index (χ1n) is 6.12. The van der Waals surface area contributed by atoms with E-state index in [0.29, 0.717) is 0 Å². The second-order valence-corrected chi connectivity index (χ2v) is 5.12. The normalized spacial score (nSPS) is 11.6. The number of benzene rings is 1. The van der Waals surface area contributed by atoms with Gasteiger partial charge in [0.05, 0.1) is 16.1 Å². The van der Waals surface area contributed by atoms with E-state index in [4.69, 9.17) is 0 Å². The largest absolute Gasteiger partial charge is 0.253 e. The molecule has 2 heterocycles. The maximum absolute atomic E-state index is 4.58. The van der Waals surface area contributed by atoms with Gasteiger partial charge in [0.1, 0.15) is 6.33 Å². The summed E-state index contributed by atoms with van der Waals surface area (Å²) < 4.78 is 0. The van der Waals surface area contributed by atoms with Crippen LogP contribution in [0.4, 0.5) is 5.69 Å². The highest BCUT2D eigenvalue weighted by atomic mass is 32.1. The fourth-order valence-corrected chi connectivity index (χ4v) is 2.43. The van der Waals surface area contributed by atoms with Crippen LogP contribution in [0.1, 0.15) is 12.5 Å². The van der Waals surface area contributed by atoms with E-state index in [9.17, 15) is 0 Å². The topological polar surface area (TPSA) is 51.0 Å². The Kier molecular flexibility index (Phi) is 3.60. The molecular weight excluding hydrogens is 268 g/mol. The molecule has 2 aromatic heterocycles. The van der Waals surface area contributed by atoms with Crippen molar-refractivity contribution >= 4 is 22.7 Å². The summed E-state index contributed by atoms with van der Waals surface area (Å²) in [5.74, 6) is 0. The van der Waals surface area contributed by atoms with E-state index in [0.717, 1.165) is 27.4 Å². The summed E-state index contributed by atoms with van der Waals surface area (Å²) in [4.78, 5) is 17.8. The van der Waals surface area contributed by atoms with Gasteiger partial charge in [0, 0.05) is 29.9 Å². The van der Waals surface area contributed by atoms with Crippen molar-refractivity contribution in [3.05, 3.63) is 60.3 Å². The molecule has 0 fully saturated rings. The van der Waals surface area contributed by atoms with Gasteiger partial charge in [-0.1, -0.05) is 12.1 Å². The summed E-state index contributed by atoms with van der Waals surface area (Å²) >= 11 is 1.63. The molecule has 0 amide bonds. The highest BCUT2D eigenvalue weighted by molar-refractivity contribution is 7.13. The van der Waals surface area contributed by atoms with Gasteiger partial charge in [-0.25, -0.2) is 9.97 Å². The molecular formula is C15H12N4S. The number of hydrogen-bond donors (Lipinski definition) is 0. The standard InChI is InChI=1S/C15H12N4S/c1-11(13-6-16-9-17-7-13)19-14-4-2-12(3-5-14)15-8-18-10-20-15/h2-10H,1H3. The average Bonchev–Trinajstić information content (AvgIpc) is 3.03. The third kappa shape index (κ3) is 2.78. The lowest BCUT2D eigenvalue weighted by Crippen LogP contribution is -1.95. The Bertz CT molecular complexity index is 703. The lowest BCUT2D eigenvalue weighted by Gasteiger charge is -2.01. The molecule has 0 aliphatic rings. The quantitative estimate of drug-likeness (QED) is 0.687. The van der Waals surface area contributed by atoms with Crippen LogP contribution in [0.3, 0.4) is 0 Å². The number of hydrogen-bond acceptors (Lipinski definition) is 5. The predicted octanol–water partition coefficient (Wildman–Crippen LogP) is 3.74. The van der Waals surface area contributed by atoms with Crippen LogP contribution < -0.4 is 0 Å². The Morgan fingerprint density at radius 1 is 1.00 bits per heavy atom. The van der Waals surface area contributed by atoms with Gasteiger partial charge in [0.15, 0.2) is 0 Å². The minimum atomic E-state index is 0.899. The molecule has 0 spiro atoms. The second kappa shape index (κ2) is 5.71. The first kappa shape index (κ1) is 12.6. The lowest BCUT2D eigenvalue weighted by atomic mass is 10.2. The fraction of sp³-hybridized carbons (Fsp3) is 0.0667. The van der Waals surface area contributed by atoms with Crippen LogP contribution in [0.2, 0.25) is 0 Å². The molecule has 3 aromatic rings. The summed E-state index contributed by atoms with van der Waals surface area (Å²) in [5.41, 5.74) is 5.74. The molecule has 0 N–H and O–H groups in total. The lowest BCUT2D eigenvalue weighted by molar-refractivity contribution is 1.16. The summed E-state index contributed by atoms with van der Waals surface area (Å²) in [6.45, 7) is 1.95. The van der Waals surface area contributed by atoms with Gasteiger partial charge in [-0.3, -0.25) is 9.98 Å². The molecule has 0 aliphatic carbocycles. The smallest absolute Gasteiger partial charge is 0.115 e. The zero-order valence-corrected chi connectivity index (χ0v) is 11.7. The van der Waals surface area contributed by atoms with Crippen molar-refractivity contribution in [1.82, 2.24) is 15.0 Å². The molecule has 1 aromatic carbocycles. The highest BCUT2D eigenvalue weighted by Crippen LogP contribution is 2.25. The predicted molar refractivity (Wildman–Crippen MR) is 81.5 cm³/mol. The molecule has 0 saturated heterocycles. The van der Waals surface area contributed by atoms with E-state index in [2.05, 4.69) is 32.1 Å². The number of rotatable bonds is 3. The third-order valence-electron chi connectivity index (χ3n) is 2.86. The maximum Gasteiger partial charge on any atom is 0.115 e. The summed E-state index contributed by atoms with van der Waals surface area (Å²) in [5, 5.41) is 0. The summed E-state index contributed by atoms with van der Waals surface area (Å²) in [6, 6.07) is 8.12. The van der Waals surface area contributed by atoms with Crippen LogP contribution in [0.15, 0.2) is 59.7 Å². The van der Waals surface area contributed by atoms with Crippen molar-refractivity contribution in [2.24, 2.45) is 4.99 Å². The molecule has 4 nitrogen and oxygen atoms in total. The van der Waals surface area contributed by atoms with E-state index in [1.165, 1.54) is 6.33 Å². The van der Waals surface area contributed by atoms with Gasteiger partial charge in [-0.05, 0) is 24.6 Å². The van der Waals surface area contributed by atoms with Gasteiger partial charge in [-0.2, -0.15) is 0 Å². The summed E-state index contributed by atoms with van der Waals surface area (Å²) in [7, 11) is 0. The Morgan fingerprint density at radius 2 is 1.75 bits per heavy atom. The van der Waals surface area contributed by atoms with Crippen LogP contribution in [-0.4, -0.2) is 20.7 Å². The first-order chi connectivity index (χ1) is 9.83. The van der Waals surface area contributed by atoms with Crippen LogP contribution in [0.25, 0.3) is 10.4 Å². The molecule has 0 radical (unpaired) electrons. The van der Waals surface area contributed by atoms with Crippen molar-refractivity contribution in [1.29, 1.82) is 0 Å². The van der Waals surface area contributed by atoms with E-state index in [1.54, 1.807) is 23.7 Å². The number of thiazole rings is 1. The SMILES string of the molecule is CC(=Nc1ccc(-c2cncs2)cc1)c1cncnc1. The Hall–Kier alpha value is -2.40. The van der Waals surface area contributed by atoms with Crippen LogP contribution >= 0.6 is 11.3 Å². The minimum Gasteiger partial charge on any atom is -0.253 e. The molecule has 0 bridgehead atoms. The highest BCUT2D eigenvalue weighted by Gasteiger charge is 2.01. The number of nitrogens with zero attached hydrogens (tertiary/aromatic N) is 4. The second-order valence-electron chi connectivity index (χ2n) is 4.24. The Labute approximate surface area is 120 Å². The molecule has 98 valence electrons. The summed E-state index contributed by atoms with van der Waals surface area (Å²) in [6.07, 6.45) is 6.91. The Balaban J connectivity index is 1.85. The molecule has 5 heteroatoms. The van der Waals surface area contributed by atoms with Crippen molar-refractivity contribution in [3.63, 3.8) is 0 Å². The molecule has 3 rings (SSSR count). The van der Waals surface area contributed by atoms with E-state index in [1.807, 2.05) is 30.8 Å². The molecule has 0 saturated carbocycles. The first-order valence-corrected chi connectivity index (χ1v) is 7.00. The van der Waals surface area contributed by atoms with Crippen molar-refractivity contribution in [3.8, 4) is 10.4 Å². The zero-order valence-electron chi connectivity index (χ0n) is 10.9. The van der Waals surface area contributed by atoms with E-state index >= 15 is 0 Å². The molecule has 20 heavy (non-hydrogen) atoms.